The zero-order chi connectivity index (χ0) is 9.90. The van der Waals surface area contributed by atoms with Crippen LogP contribution in [-0.2, 0) is 9.84 Å². The van der Waals surface area contributed by atoms with Crippen molar-refractivity contribution in [3.05, 3.63) is 23.1 Å². The molecule has 13 heavy (non-hydrogen) atoms. The highest BCUT2D eigenvalue weighted by molar-refractivity contribution is 7.95. The van der Waals surface area contributed by atoms with E-state index < -0.39 is 15.6 Å². The lowest BCUT2D eigenvalue weighted by Crippen LogP contribution is -2.13. The van der Waals surface area contributed by atoms with Gasteiger partial charge in [0.2, 0.25) is 9.84 Å². The molecule has 0 amide bonds. The Morgan fingerprint density at radius 1 is 1.46 bits per heavy atom. The number of halogens is 2. The molecule has 0 aromatic carbocycles. The first-order valence-corrected chi connectivity index (χ1v) is 4.96. The van der Waals surface area contributed by atoms with Gasteiger partial charge in [-0.2, -0.15) is 8.78 Å². The smallest absolute Gasteiger partial charge is 0.218 e. The van der Waals surface area contributed by atoms with Crippen molar-refractivity contribution in [2.75, 3.05) is 0 Å². The van der Waals surface area contributed by atoms with Crippen LogP contribution in [0.5, 0.6) is 0 Å². The van der Waals surface area contributed by atoms with Crippen LogP contribution in [0.4, 0.5) is 8.78 Å². The fourth-order valence-corrected chi connectivity index (χ4v) is 1.54. The maximum atomic E-state index is 12.0. The van der Waals surface area contributed by atoms with Gasteiger partial charge in [0.25, 0.3) is 0 Å². The molecule has 0 heterocycles. The third kappa shape index (κ3) is 2.16. The van der Waals surface area contributed by atoms with Gasteiger partial charge < -0.3 is 0 Å². The first kappa shape index (κ1) is 9.93. The molecule has 0 spiro atoms. The Balaban J connectivity index is 3.05. The van der Waals surface area contributed by atoms with Gasteiger partial charge in [-0.05, 0) is 12.2 Å². The predicted octanol–water partition coefficient (Wildman–Crippen LogP) is 1.47. The van der Waals surface area contributed by atoms with Crippen LogP contribution >= 0.6 is 0 Å². The normalized spacial score (nSPS) is 16.1. The molecule has 5 heteroatoms. The maximum Gasteiger partial charge on any atom is 0.340 e. The van der Waals surface area contributed by atoms with E-state index in [-0.39, 0.29) is 11.3 Å². The van der Waals surface area contributed by atoms with E-state index in [0.29, 0.717) is 0 Å². The first-order chi connectivity index (χ1) is 6.05. The Bertz CT molecular complexity index is 407. The molecule has 0 aliphatic heterocycles. The van der Waals surface area contributed by atoms with Crippen LogP contribution in [0.3, 0.4) is 0 Å². The molecule has 1 aliphatic carbocycles. The summed E-state index contributed by atoms with van der Waals surface area (Å²) in [6.07, 6.45) is 3.73. The van der Waals surface area contributed by atoms with Crippen LogP contribution in [-0.4, -0.2) is 14.2 Å². The van der Waals surface area contributed by atoms with E-state index in [1.54, 1.807) is 0 Å². The van der Waals surface area contributed by atoms with Gasteiger partial charge in [0.15, 0.2) is 0 Å². The average Bonchev–Trinajstić information content (AvgIpc) is 2.31. The molecule has 0 unspecified atom stereocenters. The number of alkyl halides is 2. The molecular weight excluding hydrogens is 198 g/mol. The lowest BCUT2D eigenvalue weighted by Gasteiger charge is -2.02. The number of hydrogen-bond donors (Lipinski definition) is 0. The Kier molecular flexibility index (Phi) is 2.83. The Hall–Kier alpha value is -1.15. The number of allylic oxidation sites excluding steroid dienone is 4. The summed E-state index contributed by atoms with van der Waals surface area (Å²) in [5, 5.41) is 0. The monoisotopic (exact) mass is 204 g/mol. The third-order valence-corrected chi connectivity index (χ3v) is 2.91. The highest BCUT2D eigenvalue weighted by atomic mass is 32.2. The fraction of sp³-hybridized carbons (Fsp3) is 0.250. The molecule has 0 fully saturated rings. The van der Waals surface area contributed by atoms with Crippen LogP contribution in [0.25, 0.3) is 0 Å². The molecule has 0 bridgehead atoms. The summed E-state index contributed by atoms with van der Waals surface area (Å²) in [6.45, 7) is 0. The van der Waals surface area contributed by atoms with Gasteiger partial charge in [0.1, 0.15) is 0 Å². The predicted molar refractivity (Wildman–Crippen MR) is 44.5 cm³/mol. The molecule has 0 saturated heterocycles. The summed E-state index contributed by atoms with van der Waals surface area (Å²) in [5.74, 6) is 1.57. The lowest BCUT2D eigenvalue weighted by atomic mass is 10.4. The molecule has 1 aliphatic rings. The van der Waals surface area contributed by atoms with Crippen molar-refractivity contribution in [3.8, 4) is 11.8 Å². The summed E-state index contributed by atoms with van der Waals surface area (Å²) >= 11 is 0. The molecule has 0 radical (unpaired) electrons. The van der Waals surface area contributed by atoms with E-state index in [1.807, 2.05) is 0 Å². The minimum Gasteiger partial charge on any atom is -0.218 e. The van der Waals surface area contributed by atoms with Crippen molar-refractivity contribution in [3.63, 3.8) is 0 Å². The van der Waals surface area contributed by atoms with Gasteiger partial charge in [-0.1, -0.05) is 17.9 Å². The molecule has 0 saturated carbocycles. The number of hydrogen-bond acceptors (Lipinski definition) is 2. The lowest BCUT2D eigenvalue weighted by molar-refractivity contribution is 0.236. The van der Waals surface area contributed by atoms with Gasteiger partial charge in [-0.3, -0.25) is 0 Å². The molecule has 1 rings (SSSR count). The average molecular weight is 204 g/mol. The minimum atomic E-state index is -4.45. The topological polar surface area (TPSA) is 34.1 Å². The summed E-state index contributed by atoms with van der Waals surface area (Å²) in [4.78, 5) is -0.330. The second kappa shape index (κ2) is 3.71. The summed E-state index contributed by atoms with van der Waals surface area (Å²) in [6, 6.07) is 0. The van der Waals surface area contributed by atoms with E-state index in [4.69, 9.17) is 0 Å². The SMILES string of the molecule is O=S(=O)(C1=CC=CC#CC1)C(F)F. The van der Waals surface area contributed by atoms with Crippen LogP contribution in [0.15, 0.2) is 23.1 Å². The van der Waals surface area contributed by atoms with Gasteiger partial charge >= 0.3 is 5.76 Å². The van der Waals surface area contributed by atoms with Crippen molar-refractivity contribution in [2.45, 2.75) is 12.2 Å². The molecule has 0 aromatic rings. The number of rotatable bonds is 2. The minimum absolute atomic E-state index is 0.153. The van der Waals surface area contributed by atoms with Crippen molar-refractivity contribution in [1.82, 2.24) is 0 Å². The molecule has 0 aromatic heterocycles. The van der Waals surface area contributed by atoms with E-state index in [1.165, 1.54) is 12.2 Å². The van der Waals surface area contributed by atoms with Crippen molar-refractivity contribution >= 4 is 9.84 Å². The summed E-state index contributed by atoms with van der Waals surface area (Å²) in [5.41, 5.74) is 0. The highest BCUT2D eigenvalue weighted by Gasteiger charge is 2.28. The first-order valence-electron chi connectivity index (χ1n) is 3.41. The quantitative estimate of drug-likeness (QED) is 0.638. The Morgan fingerprint density at radius 2 is 2.15 bits per heavy atom. The zero-order valence-corrected chi connectivity index (χ0v) is 7.31. The van der Waals surface area contributed by atoms with Gasteiger partial charge in [0, 0.05) is 6.42 Å². The number of sulfone groups is 1. The van der Waals surface area contributed by atoms with Crippen LogP contribution in [0.1, 0.15) is 6.42 Å². The Morgan fingerprint density at radius 3 is 2.77 bits per heavy atom. The van der Waals surface area contributed by atoms with Crippen molar-refractivity contribution in [2.24, 2.45) is 0 Å². The van der Waals surface area contributed by atoms with Crippen LogP contribution < -0.4 is 0 Å². The van der Waals surface area contributed by atoms with Gasteiger partial charge in [0.05, 0.1) is 4.91 Å². The molecule has 0 N–H and O–H groups in total. The van der Waals surface area contributed by atoms with E-state index >= 15 is 0 Å². The van der Waals surface area contributed by atoms with Gasteiger partial charge in [-0.15, -0.1) is 0 Å². The third-order valence-electron chi connectivity index (χ3n) is 1.43. The van der Waals surface area contributed by atoms with E-state index in [0.717, 1.165) is 6.08 Å². The van der Waals surface area contributed by atoms with Crippen LogP contribution in [0, 0.1) is 11.8 Å². The van der Waals surface area contributed by atoms with Gasteiger partial charge in [-0.25, -0.2) is 8.42 Å². The van der Waals surface area contributed by atoms with E-state index in [2.05, 4.69) is 11.8 Å². The maximum absolute atomic E-state index is 12.0. The second-order valence-electron chi connectivity index (χ2n) is 2.30. The van der Waals surface area contributed by atoms with E-state index in [9.17, 15) is 17.2 Å². The zero-order valence-electron chi connectivity index (χ0n) is 6.50. The molecular formula is C8H6F2O2S. The van der Waals surface area contributed by atoms with Crippen molar-refractivity contribution in [1.29, 1.82) is 0 Å². The molecule has 0 atom stereocenters. The fourth-order valence-electron chi connectivity index (χ4n) is 0.769. The molecule has 70 valence electrons. The highest BCUT2D eigenvalue weighted by Crippen LogP contribution is 2.19. The molecule has 2 nitrogen and oxygen atoms in total. The van der Waals surface area contributed by atoms with Crippen molar-refractivity contribution < 1.29 is 17.2 Å². The summed E-state index contributed by atoms with van der Waals surface area (Å²) < 4.78 is 45.9. The summed E-state index contributed by atoms with van der Waals surface area (Å²) in [7, 11) is -4.45. The van der Waals surface area contributed by atoms with Crippen LogP contribution in [0.2, 0.25) is 0 Å². The Labute approximate surface area is 74.9 Å². The largest absolute Gasteiger partial charge is 0.340 e. The second-order valence-corrected chi connectivity index (χ2v) is 4.27. The standard InChI is InChI=1S/C8H6F2O2S/c9-8(10)13(11,12)7-5-3-1-2-4-6-7/h1,3,5,8H,6H2.